The van der Waals surface area contributed by atoms with Crippen molar-refractivity contribution in [2.24, 2.45) is 5.92 Å². The molecule has 0 saturated carbocycles. The lowest BCUT2D eigenvalue weighted by Crippen LogP contribution is -2.27. The van der Waals surface area contributed by atoms with E-state index in [1.165, 1.54) is 0 Å². The predicted octanol–water partition coefficient (Wildman–Crippen LogP) is 1.93. The molecule has 3 heterocycles. The maximum atomic E-state index is 11.4. The Morgan fingerprint density at radius 2 is 2.11 bits per heavy atom. The van der Waals surface area contributed by atoms with Gasteiger partial charge in [0.25, 0.3) is 0 Å². The third kappa shape index (κ3) is 2.87. The maximum Gasteiger partial charge on any atom is 0.150 e. The smallest absolute Gasteiger partial charge is 0.150 e. The van der Waals surface area contributed by atoms with Gasteiger partial charge < -0.3 is 5.32 Å². The van der Waals surface area contributed by atoms with E-state index in [2.05, 4.69) is 15.3 Å². The molecule has 5 nitrogen and oxygen atoms in total. The maximum absolute atomic E-state index is 11.4. The van der Waals surface area contributed by atoms with Crippen molar-refractivity contribution in [2.45, 2.75) is 12.8 Å². The average molecular weight is 297 g/mol. The second kappa shape index (κ2) is 5.05. The molecule has 1 fully saturated rings. The van der Waals surface area contributed by atoms with Crippen LogP contribution in [0.2, 0.25) is 0 Å². The lowest BCUT2D eigenvalue weighted by atomic mass is 10.0. The fourth-order valence-electron chi connectivity index (χ4n) is 2.31. The number of nitrogens with one attached hydrogen (secondary N) is 1. The number of aromatic nitrogens is 2. The molecule has 2 aromatic rings. The van der Waals surface area contributed by atoms with E-state index >= 15 is 0 Å². The van der Waals surface area contributed by atoms with Crippen LogP contribution in [-0.4, -0.2) is 36.4 Å². The Morgan fingerprint density at radius 3 is 2.89 bits per heavy atom. The van der Waals surface area contributed by atoms with Gasteiger partial charge in [-0.15, -0.1) is 11.3 Å². The zero-order chi connectivity index (χ0) is 13.3. The van der Waals surface area contributed by atoms with E-state index in [4.69, 9.17) is 0 Å². The molecule has 2 aromatic heterocycles. The topological polar surface area (TPSA) is 72.0 Å². The Hall–Kier alpha value is -1.21. The molecule has 7 heteroatoms. The van der Waals surface area contributed by atoms with Gasteiger partial charge in [-0.2, -0.15) is 0 Å². The van der Waals surface area contributed by atoms with Gasteiger partial charge in [0.05, 0.1) is 16.9 Å². The SMILES string of the molecule is O=S1(=O)CCC(CNc2ncnc3sccc23)CC1. The van der Waals surface area contributed by atoms with Gasteiger partial charge in [0.15, 0.2) is 0 Å². The van der Waals surface area contributed by atoms with Crippen LogP contribution in [0.3, 0.4) is 0 Å². The number of anilines is 1. The lowest BCUT2D eigenvalue weighted by Gasteiger charge is -2.22. The minimum atomic E-state index is -2.78. The van der Waals surface area contributed by atoms with E-state index in [0.29, 0.717) is 17.4 Å². The molecule has 0 atom stereocenters. The molecule has 0 unspecified atom stereocenters. The summed E-state index contributed by atoms with van der Waals surface area (Å²) in [6, 6.07) is 2.01. The number of thiophene rings is 1. The number of rotatable bonds is 3. The summed E-state index contributed by atoms with van der Waals surface area (Å²) in [6.07, 6.45) is 3.05. The van der Waals surface area contributed by atoms with Crippen molar-refractivity contribution in [1.29, 1.82) is 0 Å². The van der Waals surface area contributed by atoms with Gasteiger partial charge in [0, 0.05) is 6.54 Å². The second-order valence-corrected chi connectivity index (χ2v) is 8.04. The van der Waals surface area contributed by atoms with Crippen LogP contribution in [0, 0.1) is 5.92 Å². The molecule has 102 valence electrons. The van der Waals surface area contributed by atoms with Crippen LogP contribution < -0.4 is 5.32 Å². The molecule has 1 saturated heterocycles. The third-order valence-electron chi connectivity index (χ3n) is 3.49. The van der Waals surface area contributed by atoms with E-state index in [1.54, 1.807) is 17.7 Å². The zero-order valence-corrected chi connectivity index (χ0v) is 12.0. The summed E-state index contributed by atoms with van der Waals surface area (Å²) in [5.41, 5.74) is 0. The summed E-state index contributed by atoms with van der Waals surface area (Å²) in [7, 11) is -2.78. The highest BCUT2D eigenvalue weighted by atomic mass is 32.2. The van der Waals surface area contributed by atoms with Gasteiger partial charge in [-0.25, -0.2) is 18.4 Å². The minimum Gasteiger partial charge on any atom is -0.369 e. The van der Waals surface area contributed by atoms with Crippen LogP contribution in [-0.2, 0) is 9.84 Å². The Balaban J connectivity index is 1.65. The van der Waals surface area contributed by atoms with Crippen molar-refractivity contribution in [1.82, 2.24) is 9.97 Å². The molecule has 19 heavy (non-hydrogen) atoms. The van der Waals surface area contributed by atoms with E-state index in [0.717, 1.165) is 35.4 Å². The molecule has 0 radical (unpaired) electrons. The molecule has 0 bridgehead atoms. The van der Waals surface area contributed by atoms with Crippen molar-refractivity contribution in [3.05, 3.63) is 17.8 Å². The molecule has 0 aromatic carbocycles. The first kappa shape index (κ1) is 12.8. The summed E-state index contributed by atoms with van der Waals surface area (Å²) >= 11 is 1.59. The zero-order valence-electron chi connectivity index (χ0n) is 10.4. The monoisotopic (exact) mass is 297 g/mol. The Labute approximate surface area is 116 Å². The number of nitrogens with zero attached hydrogens (tertiary/aromatic N) is 2. The molecular formula is C12H15N3O2S2. The van der Waals surface area contributed by atoms with Crippen LogP contribution in [0.5, 0.6) is 0 Å². The van der Waals surface area contributed by atoms with Gasteiger partial charge in [0.1, 0.15) is 26.8 Å². The summed E-state index contributed by atoms with van der Waals surface area (Å²) in [5, 5.41) is 6.37. The molecule has 3 rings (SSSR count). The summed E-state index contributed by atoms with van der Waals surface area (Å²) in [4.78, 5) is 9.44. The van der Waals surface area contributed by atoms with Crippen LogP contribution in [0.15, 0.2) is 17.8 Å². The van der Waals surface area contributed by atoms with Crippen molar-refractivity contribution < 1.29 is 8.42 Å². The average Bonchev–Trinajstić information content (AvgIpc) is 2.86. The standard InChI is InChI=1S/C12H15N3O2S2/c16-19(17)5-2-9(3-6-19)7-13-11-10-1-4-18-12(10)15-8-14-11/h1,4,8-9H,2-3,5-7H2,(H,13,14,15). The number of sulfone groups is 1. The van der Waals surface area contributed by atoms with Crippen molar-refractivity contribution in [3.8, 4) is 0 Å². The predicted molar refractivity (Wildman–Crippen MR) is 77.3 cm³/mol. The van der Waals surface area contributed by atoms with Gasteiger partial charge >= 0.3 is 0 Å². The lowest BCUT2D eigenvalue weighted by molar-refractivity contribution is 0.484. The van der Waals surface area contributed by atoms with Crippen molar-refractivity contribution in [2.75, 3.05) is 23.4 Å². The highest BCUT2D eigenvalue weighted by Gasteiger charge is 2.23. The van der Waals surface area contributed by atoms with E-state index < -0.39 is 9.84 Å². The van der Waals surface area contributed by atoms with Crippen molar-refractivity contribution in [3.63, 3.8) is 0 Å². The first-order chi connectivity index (χ1) is 9.14. The van der Waals surface area contributed by atoms with E-state index in [-0.39, 0.29) is 0 Å². The molecule has 0 amide bonds. The van der Waals surface area contributed by atoms with E-state index in [9.17, 15) is 8.42 Å². The number of hydrogen-bond acceptors (Lipinski definition) is 6. The van der Waals surface area contributed by atoms with Gasteiger partial charge in [-0.1, -0.05) is 0 Å². The second-order valence-electron chi connectivity index (χ2n) is 4.84. The van der Waals surface area contributed by atoms with Crippen molar-refractivity contribution >= 4 is 37.2 Å². The van der Waals surface area contributed by atoms with Gasteiger partial charge in [-0.05, 0) is 30.2 Å². The van der Waals surface area contributed by atoms with Crippen LogP contribution in [0.25, 0.3) is 10.2 Å². The van der Waals surface area contributed by atoms with Crippen LogP contribution in [0.1, 0.15) is 12.8 Å². The molecule has 1 aliphatic heterocycles. The normalized spacial score (nSPS) is 19.6. The molecule has 0 spiro atoms. The summed E-state index contributed by atoms with van der Waals surface area (Å²) in [5.74, 6) is 1.89. The van der Waals surface area contributed by atoms with Gasteiger partial charge in [0.2, 0.25) is 0 Å². The summed E-state index contributed by atoms with van der Waals surface area (Å²) in [6.45, 7) is 0.775. The Kier molecular flexibility index (Phi) is 3.40. The van der Waals surface area contributed by atoms with Gasteiger partial charge in [-0.3, -0.25) is 0 Å². The highest BCUT2D eigenvalue weighted by molar-refractivity contribution is 7.91. The largest absolute Gasteiger partial charge is 0.369 e. The number of hydrogen-bond donors (Lipinski definition) is 1. The minimum absolute atomic E-state index is 0.316. The molecule has 1 aliphatic rings. The quantitative estimate of drug-likeness (QED) is 0.937. The summed E-state index contributed by atoms with van der Waals surface area (Å²) < 4.78 is 22.7. The fraction of sp³-hybridized carbons (Fsp3) is 0.500. The Bertz CT molecular complexity index is 667. The first-order valence-electron chi connectivity index (χ1n) is 6.26. The highest BCUT2D eigenvalue weighted by Crippen LogP contribution is 2.25. The molecular weight excluding hydrogens is 282 g/mol. The molecule has 1 N–H and O–H groups in total. The van der Waals surface area contributed by atoms with Crippen LogP contribution in [0.4, 0.5) is 5.82 Å². The fourth-order valence-corrected chi connectivity index (χ4v) is 4.64. The van der Waals surface area contributed by atoms with Crippen LogP contribution >= 0.6 is 11.3 Å². The first-order valence-corrected chi connectivity index (χ1v) is 8.97. The Morgan fingerprint density at radius 1 is 1.32 bits per heavy atom. The molecule has 0 aliphatic carbocycles. The van der Waals surface area contributed by atoms with E-state index in [1.807, 2.05) is 11.4 Å². The third-order valence-corrected chi connectivity index (χ3v) is 6.03. The number of fused-ring (bicyclic) bond motifs is 1.